The Morgan fingerprint density at radius 1 is 0.750 bits per heavy atom. The second kappa shape index (κ2) is 6.36. The van der Waals surface area contributed by atoms with Crippen molar-refractivity contribution in [3.8, 4) is 11.8 Å². The predicted octanol–water partition coefficient (Wildman–Crippen LogP) is 4.33. The maximum atomic E-state index is 3.33. The summed E-state index contributed by atoms with van der Waals surface area (Å²) in [6.07, 6.45) is 10.3. The van der Waals surface area contributed by atoms with Gasteiger partial charge >= 0.3 is 0 Å². The number of para-hydroxylation sites is 1. The molecule has 0 amide bonds. The van der Waals surface area contributed by atoms with Crippen LogP contribution in [0.15, 0.2) is 108 Å². The summed E-state index contributed by atoms with van der Waals surface area (Å²) in [4.78, 5) is 0. The number of allylic oxidation sites excluding steroid dienone is 6. The van der Waals surface area contributed by atoms with Crippen molar-refractivity contribution in [2.45, 2.75) is 0 Å². The van der Waals surface area contributed by atoms with Crippen LogP contribution in [0.4, 0.5) is 5.69 Å². The van der Waals surface area contributed by atoms with Crippen molar-refractivity contribution in [1.29, 1.82) is 0 Å². The fourth-order valence-corrected chi connectivity index (χ4v) is 2.74. The van der Waals surface area contributed by atoms with Gasteiger partial charge in [0.15, 0.2) is 0 Å². The summed E-state index contributed by atoms with van der Waals surface area (Å²) < 4.78 is 0. The van der Waals surface area contributed by atoms with E-state index in [2.05, 4.69) is 46.6 Å². The van der Waals surface area contributed by atoms with Gasteiger partial charge in [-0.3, -0.25) is 10.4 Å². The first-order valence-electron chi connectivity index (χ1n) is 7.90. The van der Waals surface area contributed by atoms with Gasteiger partial charge in [-0.05, 0) is 24.3 Å². The molecule has 0 saturated carbocycles. The number of benzene rings is 2. The van der Waals surface area contributed by atoms with Crippen molar-refractivity contribution in [3.63, 3.8) is 0 Å². The van der Waals surface area contributed by atoms with Gasteiger partial charge in [0, 0.05) is 17.3 Å². The SMILES string of the molecule is C(#Cc1ccccc1)C1=CNN(c2ccccc2)C1=C1C=CC=C1. The van der Waals surface area contributed by atoms with Gasteiger partial charge < -0.3 is 0 Å². The van der Waals surface area contributed by atoms with E-state index < -0.39 is 0 Å². The third kappa shape index (κ3) is 2.76. The second-order valence-corrected chi connectivity index (χ2v) is 5.50. The molecule has 0 spiro atoms. The molecule has 2 aliphatic rings. The van der Waals surface area contributed by atoms with Crippen molar-refractivity contribution in [3.05, 3.63) is 114 Å². The first-order chi connectivity index (χ1) is 11.9. The molecule has 0 saturated heterocycles. The van der Waals surface area contributed by atoms with E-state index in [1.807, 2.05) is 66.9 Å². The Hall–Kier alpha value is -3.44. The molecule has 24 heavy (non-hydrogen) atoms. The topological polar surface area (TPSA) is 15.3 Å². The zero-order chi connectivity index (χ0) is 16.2. The van der Waals surface area contributed by atoms with Gasteiger partial charge in [0.25, 0.3) is 0 Å². The fraction of sp³-hybridized carbons (Fsp3) is 0. The van der Waals surface area contributed by atoms with Gasteiger partial charge in [0.2, 0.25) is 0 Å². The lowest BCUT2D eigenvalue weighted by molar-refractivity contribution is 0.888. The van der Waals surface area contributed by atoms with E-state index >= 15 is 0 Å². The van der Waals surface area contributed by atoms with Crippen LogP contribution in [0.3, 0.4) is 0 Å². The maximum absolute atomic E-state index is 3.33. The summed E-state index contributed by atoms with van der Waals surface area (Å²) in [5.74, 6) is 6.55. The van der Waals surface area contributed by atoms with Crippen LogP contribution in [-0.2, 0) is 0 Å². The van der Waals surface area contributed by atoms with E-state index in [0.29, 0.717) is 0 Å². The lowest BCUT2D eigenvalue weighted by atomic mass is 10.1. The molecular formula is C22H16N2. The summed E-state index contributed by atoms with van der Waals surface area (Å²) in [5.41, 5.74) is 8.64. The molecule has 0 aromatic heterocycles. The molecule has 2 aromatic carbocycles. The van der Waals surface area contributed by atoms with Crippen molar-refractivity contribution in [1.82, 2.24) is 5.43 Å². The summed E-state index contributed by atoms with van der Waals surface area (Å²) in [6, 6.07) is 20.3. The molecule has 1 N–H and O–H groups in total. The van der Waals surface area contributed by atoms with Crippen LogP contribution in [-0.4, -0.2) is 0 Å². The van der Waals surface area contributed by atoms with E-state index in [0.717, 1.165) is 28.1 Å². The molecule has 2 nitrogen and oxygen atoms in total. The van der Waals surface area contributed by atoms with Gasteiger partial charge in [-0.1, -0.05) is 72.5 Å². The zero-order valence-corrected chi connectivity index (χ0v) is 13.1. The van der Waals surface area contributed by atoms with Crippen molar-refractivity contribution >= 4 is 5.69 Å². The Morgan fingerprint density at radius 2 is 1.42 bits per heavy atom. The van der Waals surface area contributed by atoms with Crippen molar-refractivity contribution < 1.29 is 0 Å². The average Bonchev–Trinajstić information content (AvgIpc) is 3.31. The maximum Gasteiger partial charge on any atom is 0.0874 e. The molecule has 1 aliphatic heterocycles. The minimum atomic E-state index is 0.980. The molecule has 0 atom stereocenters. The highest BCUT2D eigenvalue weighted by Crippen LogP contribution is 2.30. The number of anilines is 1. The Morgan fingerprint density at radius 3 is 2.12 bits per heavy atom. The van der Waals surface area contributed by atoms with Crippen LogP contribution in [0.1, 0.15) is 5.56 Å². The monoisotopic (exact) mass is 308 g/mol. The number of nitrogens with one attached hydrogen (secondary N) is 1. The highest BCUT2D eigenvalue weighted by atomic mass is 15.5. The highest BCUT2D eigenvalue weighted by Gasteiger charge is 2.23. The lowest BCUT2D eigenvalue weighted by Gasteiger charge is -2.22. The quantitative estimate of drug-likeness (QED) is 0.789. The highest BCUT2D eigenvalue weighted by molar-refractivity contribution is 5.68. The third-order valence-electron chi connectivity index (χ3n) is 3.88. The van der Waals surface area contributed by atoms with E-state index in [4.69, 9.17) is 0 Å². The van der Waals surface area contributed by atoms with Gasteiger partial charge in [-0.25, -0.2) is 0 Å². The molecule has 2 aromatic rings. The van der Waals surface area contributed by atoms with Crippen molar-refractivity contribution in [2.75, 3.05) is 5.01 Å². The van der Waals surface area contributed by atoms with Crippen molar-refractivity contribution in [2.24, 2.45) is 0 Å². The van der Waals surface area contributed by atoms with E-state index in [1.165, 1.54) is 0 Å². The normalized spacial score (nSPS) is 15.2. The minimum absolute atomic E-state index is 0.980. The third-order valence-corrected chi connectivity index (χ3v) is 3.88. The number of hydrazine groups is 1. The lowest BCUT2D eigenvalue weighted by Crippen LogP contribution is -2.29. The van der Waals surface area contributed by atoms with Crippen LogP contribution < -0.4 is 10.4 Å². The Labute approximate surface area is 142 Å². The van der Waals surface area contributed by atoms with Crippen LogP contribution in [0.2, 0.25) is 0 Å². The summed E-state index contributed by atoms with van der Waals surface area (Å²) >= 11 is 0. The van der Waals surface area contributed by atoms with Crippen LogP contribution in [0.25, 0.3) is 0 Å². The van der Waals surface area contributed by atoms with Gasteiger partial charge in [0.05, 0.1) is 17.0 Å². The Bertz CT molecular complexity index is 906. The van der Waals surface area contributed by atoms with Crippen LogP contribution >= 0.6 is 0 Å². The Kier molecular flexibility index (Phi) is 3.75. The number of hydrogen-bond donors (Lipinski definition) is 1. The molecule has 1 heterocycles. The first kappa shape index (κ1) is 14.2. The number of nitrogens with zero attached hydrogens (tertiary/aromatic N) is 1. The molecule has 4 rings (SSSR count). The molecule has 0 bridgehead atoms. The molecule has 0 fully saturated rings. The van der Waals surface area contributed by atoms with Gasteiger partial charge in [-0.15, -0.1) is 0 Å². The smallest absolute Gasteiger partial charge is 0.0874 e. The average molecular weight is 308 g/mol. The van der Waals surface area contributed by atoms with Gasteiger partial charge in [0.1, 0.15) is 0 Å². The summed E-state index contributed by atoms with van der Waals surface area (Å²) in [6.45, 7) is 0. The van der Waals surface area contributed by atoms with Crippen LogP contribution in [0, 0.1) is 11.8 Å². The van der Waals surface area contributed by atoms with Gasteiger partial charge in [-0.2, -0.15) is 0 Å². The molecule has 114 valence electrons. The number of rotatable bonds is 1. The molecule has 2 heteroatoms. The summed E-state index contributed by atoms with van der Waals surface area (Å²) in [5, 5.41) is 2.07. The van der Waals surface area contributed by atoms with Crippen LogP contribution in [0.5, 0.6) is 0 Å². The minimum Gasteiger partial charge on any atom is -0.300 e. The molecule has 1 aliphatic carbocycles. The Balaban J connectivity index is 1.73. The van der Waals surface area contributed by atoms with E-state index in [9.17, 15) is 0 Å². The molecule has 0 radical (unpaired) electrons. The molecular weight excluding hydrogens is 292 g/mol. The first-order valence-corrected chi connectivity index (χ1v) is 7.90. The predicted molar refractivity (Wildman–Crippen MR) is 98.8 cm³/mol. The zero-order valence-electron chi connectivity index (χ0n) is 13.1. The second-order valence-electron chi connectivity index (χ2n) is 5.50. The number of hydrogen-bond acceptors (Lipinski definition) is 2. The molecule has 0 unspecified atom stereocenters. The summed E-state index contributed by atoms with van der Waals surface area (Å²) in [7, 11) is 0. The van der Waals surface area contributed by atoms with E-state index in [-0.39, 0.29) is 0 Å². The standard InChI is InChI=1S/C22H16N2/c1-3-9-18(10-4-1)15-16-20-17-23-24(21-13-5-2-6-14-21)22(20)19-11-7-8-12-19/h1-14,17,23H. The largest absolute Gasteiger partial charge is 0.300 e. The fourth-order valence-electron chi connectivity index (χ4n) is 2.74. The van der Waals surface area contributed by atoms with E-state index in [1.54, 1.807) is 0 Å².